The minimum Gasteiger partial charge on any atom is -0.505 e. The molecule has 0 unspecified atom stereocenters. The number of phenols is 2. The molecule has 180 valence electrons. The van der Waals surface area contributed by atoms with Crippen LogP contribution in [0.2, 0.25) is 0 Å². The summed E-state index contributed by atoms with van der Waals surface area (Å²) in [7, 11) is 0. The number of carbonyl (C=O) groups excluding carboxylic acids is 1. The van der Waals surface area contributed by atoms with Gasteiger partial charge >= 0.3 is 11.9 Å². The molecule has 0 aromatic heterocycles. The quantitative estimate of drug-likeness (QED) is 0.203. The van der Waals surface area contributed by atoms with E-state index in [1.165, 1.54) is 0 Å². The molecule has 3 N–H and O–H groups in total. The number of aliphatic carboxylic acids is 1. The lowest BCUT2D eigenvalue weighted by molar-refractivity contribution is -0.133. The molecule has 0 amide bonds. The number of hydrogen-bond acceptors (Lipinski definition) is 7. The molecule has 3 aromatic carbocycles. The fraction of sp³-hybridized carbons (Fsp3) is 0.0909. The first-order valence-electron chi connectivity index (χ1n) is 9.50. The minimum absolute atomic E-state index is 0.0685. The molecule has 2 aliphatic rings. The van der Waals surface area contributed by atoms with Gasteiger partial charge in [0.05, 0.1) is 27.3 Å². The van der Waals surface area contributed by atoms with Crippen LogP contribution in [0, 0.1) is 29.1 Å². The number of ether oxygens (including phenoxy) is 2. The Morgan fingerprint density at radius 3 is 1.94 bits per heavy atom. The van der Waals surface area contributed by atoms with Crippen molar-refractivity contribution in [1.29, 1.82) is 0 Å². The van der Waals surface area contributed by atoms with Gasteiger partial charge < -0.3 is 24.8 Å². The Morgan fingerprint density at radius 2 is 1.43 bits per heavy atom. The lowest BCUT2D eigenvalue weighted by Gasteiger charge is -2.36. The molecule has 2 aliphatic heterocycles. The van der Waals surface area contributed by atoms with Crippen LogP contribution in [0.5, 0.6) is 23.0 Å². The third-order valence-electron chi connectivity index (χ3n) is 5.50. The smallest absolute Gasteiger partial charge is 0.343 e. The molecule has 35 heavy (non-hydrogen) atoms. The van der Waals surface area contributed by atoms with Crippen LogP contribution in [0.25, 0.3) is 0 Å². The van der Waals surface area contributed by atoms with Crippen LogP contribution in [0.3, 0.4) is 0 Å². The van der Waals surface area contributed by atoms with E-state index in [-0.39, 0.29) is 11.8 Å². The number of carbonyl (C=O) groups is 2. The van der Waals surface area contributed by atoms with Gasteiger partial charge in [-0.1, -0.05) is 0 Å². The summed E-state index contributed by atoms with van der Waals surface area (Å²) in [6.07, 6.45) is 0. The molecule has 13 heteroatoms. The lowest BCUT2D eigenvalue weighted by atomic mass is 9.77. The molecular formula is C22H9F5O7S. The van der Waals surface area contributed by atoms with Crippen molar-refractivity contribution >= 4 is 23.7 Å². The van der Waals surface area contributed by atoms with Crippen molar-refractivity contribution < 1.29 is 56.3 Å². The largest absolute Gasteiger partial charge is 0.505 e. The van der Waals surface area contributed by atoms with Crippen LogP contribution in [-0.4, -0.2) is 33.0 Å². The maximum absolute atomic E-state index is 15.8. The van der Waals surface area contributed by atoms with Gasteiger partial charge in [0.2, 0.25) is 0 Å². The van der Waals surface area contributed by atoms with E-state index in [1.807, 2.05) is 0 Å². The van der Waals surface area contributed by atoms with Crippen molar-refractivity contribution in [3.05, 3.63) is 75.6 Å². The van der Waals surface area contributed by atoms with E-state index >= 15 is 8.78 Å². The first kappa shape index (κ1) is 22.8. The molecule has 1 spiro atoms. The first-order chi connectivity index (χ1) is 16.5. The Balaban J connectivity index is 1.93. The normalized spacial score (nSPS) is 14.7. The summed E-state index contributed by atoms with van der Waals surface area (Å²) in [5, 5.41) is 28.5. The highest BCUT2D eigenvalue weighted by molar-refractivity contribution is 8.00. The number of benzene rings is 3. The molecule has 0 saturated heterocycles. The SMILES string of the molecule is O=C(O)CSc1c(F)c(F)c2c(c1F)C1(OC2=O)c2cc(F)c(O)cc2Oc2cc(O)c(F)cc21. The van der Waals surface area contributed by atoms with Gasteiger partial charge in [-0.05, 0) is 12.1 Å². The van der Waals surface area contributed by atoms with E-state index in [9.17, 15) is 33.0 Å². The molecule has 2 heterocycles. The highest BCUT2D eigenvalue weighted by Gasteiger charge is 2.58. The molecule has 5 rings (SSSR count). The van der Waals surface area contributed by atoms with Gasteiger partial charge in [-0.25, -0.2) is 26.7 Å². The lowest BCUT2D eigenvalue weighted by Crippen LogP contribution is -2.34. The van der Waals surface area contributed by atoms with Gasteiger partial charge in [-0.3, -0.25) is 4.79 Å². The number of hydrogen-bond donors (Lipinski definition) is 3. The zero-order chi connectivity index (χ0) is 25.4. The van der Waals surface area contributed by atoms with Gasteiger partial charge in [0, 0.05) is 12.1 Å². The number of aromatic hydroxyl groups is 2. The van der Waals surface area contributed by atoms with Crippen LogP contribution < -0.4 is 4.74 Å². The number of halogens is 5. The van der Waals surface area contributed by atoms with Gasteiger partial charge in [0.1, 0.15) is 22.9 Å². The van der Waals surface area contributed by atoms with Crippen LogP contribution in [-0.2, 0) is 15.1 Å². The Hall–Kier alpha value is -4.00. The number of esters is 1. The van der Waals surface area contributed by atoms with Crippen molar-refractivity contribution in [2.75, 3.05) is 5.75 Å². The predicted octanol–water partition coefficient (Wildman–Crippen LogP) is 4.54. The highest BCUT2D eigenvalue weighted by atomic mass is 32.2. The van der Waals surface area contributed by atoms with Crippen LogP contribution in [0.1, 0.15) is 27.0 Å². The molecule has 0 atom stereocenters. The summed E-state index contributed by atoms with van der Waals surface area (Å²) >= 11 is 0.0685. The molecular weight excluding hydrogens is 503 g/mol. The van der Waals surface area contributed by atoms with Crippen LogP contribution in [0.15, 0.2) is 29.2 Å². The van der Waals surface area contributed by atoms with E-state index in [0.29, 0.717) is 12.1 Å². The topological polar surface area (TPSA) is 113 Å². The van der Waals surface area contributed by atoms with Crippen molar-refractivity contribution in [1.82, 2.24) is 0 Å². The third kappa shape index (κ3) is 3.04. The average Bonchev–Trinajstić information content (AvgIpc) is 3.09. The van der Waals surface area contributed by atoms with Crippen molar-refractivity contribution in [3.8, 4) is 23.0 Å². The number of phenolic OH excluding ortho intramolecular Hbond substituents is 2. The maximum Gasteiger partial charge on any atom is 0.343 e. The second-order valence-electron chi connectivity index (χ2n) is 7.48. The Bertz CT molecular complexity index is 1430. The Kier molecular flexibility index (Phi) is 4.88. The third-order valence-corrected chi connectivity index (χ3v) is 6.54. The number of carboxylic acid groups (broad SMARTS) is 1. The zero-order valence-electron chi connectivity index (χ0n) is 16.8. The Morgan fingerprint density at radius 1 is 0.886 bits per heavy atom. The fourth-order valence-corrected chi connectivity index (χ4v) is 4.82. The van der Waals surface area contributed by atoms with Crippen molar-refractivity contribution in [2.45, 2.75) is 10.5 Å². The summed E-state index contributed by atoms with van der Waals surface area (Å²) in [4.78, 5) is 22.6. The standard InChI is InChI=1S/C22H9F5O7S/c23-8-1-6-12(3-10(8)28)33-13-4-11(29)9(24)2-7(13)22(6)16-15(21(32)34-22)17(25)19(27)20(18(16)26)35-5-14(30)31/h1-4,28-29H,5H2,(H,30,31). The van der Waals surface area contributed by atoms with Crippen molar-refractivity contribution in [2.24, 2.45) is 0 Å². The number of fused-ring (bicyclic) bond motifs is 6. The summed E-state index contributed by atoms with van der Waals surface area (Å²) in [5.41, 5.74) is -5.90. The van der Waals surface area contributed by atoms with Crippen LogP contribution >= 0.6 is 11.8 Å². The summed E-state index contributed by atoms with van der Waals surface area (Å²) in [6, 6.07) is 2.59. The first-order valence-corrected chi connectivity index (χ1v) is 10.5. The zero-order valence-corrected chi connectivity index (χ0v) is 17.6. The molecule has 0 radical (unpaired) electrons. The van der Waals surface area contributed by atoms with Crippen molar-refractivity contribution in [3.63, 3.8) is 0 Å². The second kappa shape index (κ2) is 7.50. The molecule has 0 saturated carbocycles. The van der Waals surface area contributed by atoms with E-state index < -0.39 is 103 Å². The van der Waals surface area contributed by atoms with Crippen LogP contribution in [0.4, 0.5) is 22.0 Å². The number of carboxylic acids is 1. The van der Waals surface area contributed by atoms with E-state index in [1.54, 1.807) is 0 Å². The Labute approximate surface area is 195 Å². The molecule has 0 bridgehead atoms. The van der Waals surface area contributed by atoms with E-state index in [0.717, 1.165) is 12.1 Å². The maximum atomic E-state index is 15.8. The van der Waals surface area contributed by atoms with Gasteiger partial charge in [-0.15, -0.1) is 11.8 Å². The number of thioether (sulfide) groups is 1. The predicted molar refractivity (Wildman–Crippen MR) is 106 cm³/mol. The molecule has 7 nitrogen and oxygen atoms in total. The minimum atomic E-state index is -2.66. The monoisotopic (exact) mass is 512 g/mol. The summed E-state index contributed by atoms with van der Waals surface area (Å²) in [5.74, 6) is -14.7. The summed E-state index contributed by atoms with van der Waals surface area (Å²) < 4.78 is 85.1. The highest BCUT2D eigenvalue weighted by Crippen LogP contribution is 2.59. The average molecular weight is 512 g/mol. The van der Waals surface area contributed by atoms with E-state index in [4.69, 9.17) is 14.6 Å². The fourth-order valence-electron chi connectivity index (χ4n) is 4.11. The van der Waals surface area contributed by atoms with Gasteiger partial charge in [0.25, 0.3) is 0 Å². The van der Waals surface area contributed by atoms with Gasteiger partial charge in [-0.2, -0.15) is 0 Å². The number of rotatable bonds is 3. The molecule has 3 aromatic rings. The van der Waals surface area contributed by atoms with Gasteiger partial charge in [0.15, 0.2) is 40.4 Å². The molecule has 0 fully saturated rings. The summed E-state index contributed by atoms with van der Waals surface area (Å²) in [6.45, 7) is 0. The second-order valence-corrected chi connectivity index (χ2v) is 8.46. The molecule has 0 aliphatic carbocycles. The van der Waals surface area contributed by atoms with E-state index in [2.05, 4.69) is 0 Å².